The SMILES string of the molecule is CCC1CCCCC1NC(=O)NCC(C)CCC(=O)O. The molecule has 5 nitrogen and oxygen atoms in total. The summed E-state index contributed by atoms with van der Waals surface area (Å²) in [5.74, 6) is -0.00148. The van der Waals surface area contributed by atoms with Gasteiger partial charge in [-0.3, -0.25) is 4.79 Å². The molecule has 3 N–H and O–H groups in total. The average Bonchev–Trinajstić information content (AvgIpc) is 2.43. The number of carbonyl (C=O) groups excluding carboxylic acids is 1. The van der Waals surface area contributed by atoms with Crippen LogP contribution >= 0.6 is 0 Å². The summed E-state index contributed by atoms with van der Waals surface area (Å²) < 4.78 is 0. The molecule has 0 saturated heterocycles. The van der Waals surface area contributed by atoms with Crippen molar-refractivity contribution < 1.29 is 14.7 Å². The van der Waals surface area contributed by atoms with Crippen molar-refractivity contribution in [1.29, 1.82) is 0 Å². The average molecular weight is 284 g/mol. The molecule has 0 aromatic carbocycles. The molecule has 20 heavy (non-hydrogen) atoms. The van der Waals surface area contributed by atoms with E-state index in [4.69, 9.17) is 5.11 Å². The number of urea groups is 1. The Balaban J connectivity index is 2.23. The molecule has 0 bridgehead atoms. The highest BCUT2D eigenvalue weighted by Crippen LogP contribution is 2.26. The first-order valence-electron chi connectivity index (χ1n) is 7.79. The van der Waals surface area contributed by atoms with Gasteiger partial charge in [-0.2, -0.15) is 0 Å². The van der Waals surface area contributed by atoms with E-state index in [0.29, 0.717) is 24.9 Å². The fourth-order valence-electron chi connectivity index (χ4n) is 2.84. The molecule has 1 rings (SSSR count). The first kappa shape index (κ1) is 16.8. The zero-order valence-corrected chi connectivity index (χ0v) is 12.7. The molecule has 1 saturated carbocycles. The largest absolute Gasteiger partial charge is 0.481 e. The number of hydrogen-bond acceptors (Lipinski definition) is 2. The topological polar surface area (TPSA) is 78.4 Å². The van der Waals surface area contributed by atoms with Crippen LogP contribution in [0.5, 0.6) is 0 Å². The summed E-state index contributed by atoms with van der Waals surface area (Å²) >= 11 is 0. The summed E-state index contributed by atoms with van der Waals surface area (Å²) in [6, 6.07) is 0.181. The van der Waals surface area contributed by atoms with Gasteiger partial charge in [0.15, 0.2) is 0 Å². The van der Waals surface area contributed by atoms with E-state index in [-0.39, 0.29) is 18.4 Å². The Bertz CT molecular complexity index is 320. The monoisotopic (exact) mass is 284 g/mol. The Kier molecular flexibility index (Phi) is 7.41. The number of amides is 2. The number of hydrogen-bond donors (Lipinski definition) is 3. The number of carboxylic acid groups (broad SMARTS) is 1. The van der Waals surface area contributed by atoms with Crippen LogP contribution in [0.3, 0.4) is 0 Å². The Hall–Kier alpha value is -1.26. The van der Waals surface area contributed by atoms with E-state index >= 15 is 0 Å². The second-order valence-electron chi connectivity index (χ2n) is 5.95. The zero-order valence-electron chi connectivity index (χ0n) is 12.7. The van der Waals surface area contributed by atoms with E-state index in [9.17, 15) is 9.59 Å². The van der Waals surface area contributed by atoms with Gasteiger partial charge in [-0.1, -0.05) is 33.1 Å². The number of nitrogens with one attached hydrogen (secondary N) is 2. The van der Waals surface area contributed by atoms with Crippen LogP contribution in [0.4, 0.5) is 4.79 Å². The highest BCUT2D eigenvalue weighted by Gasteiger charge is 2.24. The molecular formula is C15H28N2O3. The summed E-state index contributed by atoms with van der Waals surface area (Å²) in [5, 5.41) is 14.5. The van der Waals surface area contributed by atoms with E-state index in [1.165, 1.54) is 19.3 Å². The maximum atomic E-state index is 11.9. The standard InChI is InChI=1S/C15H28N2O3/c1-3-12-6-4-5-7-13(12)17-15(20)16-10-11(2)8-9-14(18)19/h11-13H,3-10H2,1-2H3,(H,18,19)(H2,16,17,20). The van der Waals surface area contributed by atoms with Crippen LogP contribution in [0.1, 0.15) is 58.8 Å². The Morgan fingerprint density at radius 3 is 2.65 bits per heavy atom. The third-order valence-corrected chi connectivity index (χ3v) is 4.21. The number of carbonyl (C=O) groups is 2. The van der Waals surface area contributed by atoms with Crippen molar-refractivity contribution in [1.82, 2.24) is 10.6 Å². The minimum absolute atomic E-state index is 0.113. The van der Waals surface area contributed by atoms with Gasteiger partial charge in [-0.25, -0.2) is 4.79 Å². The molecule has 0 aromatic heterocycles. The summed E-state index contributed by atoms with van der Waals surface area (Å²) in [4.78, 5) is 22.4. The number of rotatable bonds is 7. The molecular weight excluding hydrogens is 256 g/mol. The summed E-state index contributed by atoms with van der Waals surface area (Å²) in [6.45, 7) is 4.66. The quantitative estimate of drug-likeness (QED) is 0.672. The fraction of sp³-hybridized carbons (Fsp3) is 0.867. The minimum Gasteiger partial charge on any atom is -0.481 e. The Morgan fingerprint density at radius 1 is 1.30 bits per heavy atom. The van der Waals surface area contributed by atoms with Crippen LogP contribution in [0.15, 0.2) is 0 Å². The second kappa shape index (κ2) is 8.82. The number of aliphatic carboxylic acids is 1. The van der Waals surface area contributed by atoms with Crippen molar-refractivity contribution in [3.05, 3.63) is 0 Å². The Morgan fingerprint density at radius 2 is 2.00 bits per heavy atom. The smallest absolute Gasteiger partial charge is 0.315 e. The van der Waals surface area contributed by atoms with Gasteiger partial charge in [-0.15, -0.1) is 0 Å². The molecule has 116 valence electrons. The normalized spacial score (nSPS) is 23.9. The van der Waals surface area contributed by atoms with E-state index in [0.717, 1.165) is 12.8 Å². The molecule has 1 aliphatic rings. The maximum absolute atomic E-state index is 11.9. The van der Waals surface area contributed by atoms with Gasteiger partial charge in [0.1, 0.15) is 0 Å². The molecule has 1 aliphatic carbocycles. The van der Waals surface area contributed by atoms with Crippen LogP contribution in [0.2, 0.25) is 0 Å². The summed E-state index contributed by atoms with van der Waals surface area (Å²) in [5.41, 5.74) is 0. The molecule has 2 amide bonds. The molecule has 5 heteroatoms. The van der Waals surface area contributed by atoms with Crippen molar-refractivity contribution in [3.63, 3.8) is 0 Å². The molecule has 0 radical (unpaired) electrons. The Labute approximate surface area is 121 Å². The maximum Gasteiger partial charge on any atom is 0.315 e. The zero-order chi connectivity index (χ0) is 15.0. The highest BCUT2D eigenvalue weighted by molar-refractivity contribution is 5.74. The molecule has 3 unspecified atom stereocenters. The lowest BCUT2D eigenvalue weighted by Crippen LogP contribution is -2.47. The van der Waals surface area contributed by atoms with Gasteiger partial charge in [0.05, 0.1) is 0 Å². The van der Waals surface area contributed by atoms with Gasteiger partial charge in [-0.05, 0) is 31.1 Å². The highest BCUT2D eigenvalue weighted by atomic mass is 16.4. The van der Waals surface area contributed by atoms with Crippen molar-refractivity contribution >= 4 is 12.0 Å². The third-order valence-electron chi connectivity index (χ3n) is 4.21. The van der Waals surface area contributed by atoms with Gasteiger partial charge in [0.25, 0.3) is 0 Å². The lowest BCUT2D eigenvalue weighted by atomic mass is 9.83. The van der Waals surface area contributed by atoms with Gasteiger partial charge in [0.2, 0.25) is 0 Å². The third kappa shape index (κ3) is 6.26. The van der Waals surface area contributed by atoms with Crippen LogP contribution in [-0.2, 0) is 4.79 Å². The van der Waals surface area contributed by atoms with Crippen molar-refractivity contribution in [2.45, 2.75) is 64.8 Å². The van der Waals surface area contributed by atoms with E-state index in [1.54, 1.807) is 0 Å². The molecule has 0 aliphatic heterocycles. The predicted octanol–water partition coefficient (Wildman–Crippen LogP) is 2.76. The van der Waals surface area contributed by atoms with Gasteiger partial charge in [0, 0.05) is 19.0 Å². The van der Waals surface area contributed by atoms with Crippen molar-refractivity contribution in [2.75, 3.05) is 6.54 Å². The predicted molar refractivity (Wildman–Crippen MR) is 78.6 cm³/mol. The molecule has 0 spiro atoms. The molecule has 0 aromatic rings. The van der Waals surface area contributed by atoms with Crippen molar-refractivity contribution in [2.24, 2.45) is 11.8 Å². The molecule has 0 heterocycles. The van der Waals surface area contributed by atoms with Gasteiger partial charge >= 0.3 is 12.0 Å². The minimum atomic E-state index is -0.783. The van der Waals surface area contributed by atoms with E-state index < -0.39 is 5.97 Å². The van der Waals surface area contributed by atoms with Crippen LogP contribution in [0, 0.1) is 11.8 Å². The summed E-state index contributed by atoms with van der Waals surface area (Å²) in [6.07, 6.45) is 6.60. The van der Waals surface area contributed by atoms with Crippen LogP contribution in [-0.4, -0.2) is 29.7 Å². The van der Waals surface area contributed by atoms with Gasteiger partial charge < -0.3 is 15.7 Å². The first-order chi connectivity index (χ1) is 9.52. The molecule has 3 atom stereocenters. The van der Waals surface area contributed by atoms with E-state index in [2.05, 4.69) is 17.6 Å². The lowest BCUT2D eigenvalue weighted by molar-refractivity contribution is -0.137. The second-order valence-corrected chi connectivity index (χ2v) is 5.95. The molecule has 1 fully saturated rings. The summed E-state index contributed by atoms with van der Waals surface area (Å²) in [7, 11) is 0. The van der Waals surface area contributed by atoms with E-state index in [1.807, 2.05) is 6.92 Å². The lowest BCUT2D eigenvalue weighted by Gasteiger charge is -2.31. The van der Waals surface area contributed by atoms with Crippen LogP contribution in [0.25, 0.3) is 0 Å². The number of carboxylic acids is 1. The fourth-order valence-corrected chi connectivity index (χ4v) is 2.84. The van der Waals surface area contributed by atoms with Crippen LogP contribution < -0.4 is 10.6 Å². The first-order valence-corrected chi connectivity index (χ1v) is 7.79. The van der Waals surface area contributed by atoms with Crippen molar-refractivity contribution in [3.8, 4) is 0 Å².